The van der Waals surface area contributed by atoms with Gasteiger partial charge in [0.25, 0.3) is 5.91 Å². The third-order valence-corrected chi connectivity index (χ3v) is 4.72. The standard InChI is InChI=1S/C17H22Cl2N4O/c1-11(2)15(20)6-8-22(3)17(24)16-7-9-23(21-16)12-4-5-13(18)14(19)10-12/h4-5,7,9-11,15H,6,8,20H2,1-3H3. The van der Waals surface area contributed by atoms with Crippen LogP contribution in [0.15, 0.2) is 30.5 Å². The second-order valence-electron chi connectivity index (χ2n) is 6.17. The second-order valence-corrected chi connectivity index (χ2v) is 6.98. The molecular weight excluding hydrogens is 347 g/mol. The SMILES string of the molecule is CC(C)C(N)CCN(C)C(=O)c1ccn(-c2ccc(Cl)c(Cl)c2)n1. The van der Waals surface area contributed by atoms with Crippen LogP contribution >= 0.6 is 23.2 Å². The molecule has 0 aliphatic heterocycles. The number of benzene rings is 1. The first kappa shape index (κ1) is 18.8. The molecule has 0 aliphatic rings. The number of hydrogen-bond acceptors (Lipinski definition) is 3. The molecule has 1 unspecified atom stereocenters. The molecule has 5 nitrogen and oxygen atoms in total. The van der Waals surface area contributed by atoms with E-state index in [0.29, 0.717) is 28.2 Å². The number of nitrogens with two attached hydrogens (primary N) is 1. The van der Waals surface area contributed by atoms with Crippen molar-refractivity contribution in [1.29, 1.82) is 0 Å². The zero-order chi connectivity index (χ0) is 17.9. The Morgan fingerprint density at radius 1 is 1.29 bits per heavy atom. The smallest absolute Gasteiger partial charge is 0.274 e. The number of hydrogen-bond donors (Lipinski definition) is 1. The maximum absolute atomic E-state index is 12.5. The first-order valence-electron chi connectivity index (χ1n) is 7.81. The van der Waals surface area contributed by atoms with Crippen molar-refractivity contribution >= 4 is 29.1 Å². The van der Waals surface area contributed by atoms with Crippen LogP contribution in [0.1, 0.15) is 30.8 Å². The Morgan fingerprint density at radius 2 is 2.00 bits per heavy atom. The topological polar surface area (TPSA) is 64.2 Å². The number of amides is 1. The van der Waals surface area contributed by atoms with E-state index in [-0.39, 0.29) is 11.9 Å². The fourth-order valence-electron chi connectivity index (χ4n) is 2.18. The van der Waals surface area contributed by atoms with Crippen molar-refractivity contribution in [1.82, 2.24) is 14.7 Å². The molecular formula is C17H22Cl2N4O. The van der Waals surface area contributed by atoms with Gasteiger partial charge >= 0.3 is 0 Å². The van der Waals surface area contributed by atoms with Gasteiger partial charge in [-0.15, -0.1) is 0 Å². The van der Waals surface area contributed by atoms with Crippen LogP contribution in [0.5, 0.6) is 0 Å². The summed E-state index contributed by atoms with van der Waals surface area (Å²) in [6.07, 6.45) is 2.48. The Morgan fingerprint density at radius 3 is 2.62 bits per heavy atom. The molecule has 1 aromatic heterocycles. The van der Waals surface area contributed by atoms with Crippen LogP contribution in [0.2, 0.25) is 10.0 Å². The van der Waals surface area contributed by atoms with Crippen LogP contribution in [0.3, 0.4) is 0 Å². The van der Waals surface area contributed by atoms with E-state index in [1.165, 1.54) is 0 Å². The molecule has 0 saturated carbocycles. The molecule has 0 aliphatic carbocycles. The highest BCUT2D eigenvalue weighted by Crippen LogP contribution is 2.24. The van der Waals surface area contributed by atoms with Crippen LogP contribution in [-0.2, 0) is 0 Å². The van der Waals surface area contributed by atoms with Gasteiger partial charge in [-0.05, 0) is 36.6 Å². The largest absolute Gasteiger partial charge is 0.340 e. The van der Waals surface area contributed by atoms with Gasteiger partial charge in [0.2, 0.25) is 0 Å². The molecule has 7 heteroatoms. The normalized spacial score (nSPS) is 12.5. The summed E-state index contributed by atoms with van der Waals surface area (Å²) in [6.45, 7) is 4.74. The van der Waals surface area contributed by atoms with Crippen molar-refractivity contribution in [2.75, 3.05) is 13.6 Å². The Kier molecular flexibility index (Phi) is 6.27. The van der Waals surface area contributed by atoms with Crippen LogP contribution < -0.4 is 5.73 Å². The third-order valence-electron chi connectivity index (χ3n) is 3.98. The highest BCUT2D eigenvalue weighted by Gasteiger charge is 2.17. The van der Waals surface area contributed by atoms with Crippen molar-refractivity contribution in [3.05, 3.63) is 46.2 Å². The lowest BCUT2D eigenvalue weighted by Gasteiger charge is -2.20. The van der Waals surface area contributed by atoms with E-state index in [0.717, 1.165) is 12.1 Å². The minimum atomic E-state index is -0.134. The fourth-order valence-corrected chi connectivity index (χ4v) is 2.47. The van der Waals surface area contributed by atoms with E-state index in [1.807, 2.05) is 0 Å². The van der Waals surface area contributed by atoms with Gasteiger partial charge in [0, 0.05) is 25.8 Å². The summed E-state index contributed by atoms with van der Waals surface area (Å²) in [4.78, 5) is 14.1. The van der Waals surface area contributed by atoms with Crippen LogP contribution in [0.4, 0.5) is 0 Å². The summed E-state index contributed by atoms with van der Waals surface area (Å²) in [5.41, 5.74) is 7.15. The highest BCUT2D eigenvalue weighted by molar-refractivity contribution is 6.42. The first-order valence-corrected chi connectivity index (χ1v) is 8.57. The Hall–Kier alpha value is -1.56. The zero-order valence-electron chi connectivity index (χ0n) is 14.0. The molecule has 1 aromatic carbocycles. The monoisotopic (exact) mass is 368 g/mol. The van der Waals surface area contributed by atoms with E-state index < -0.39 is 0 Å². The van der Waals surface area contributed by atoms with Crippen LogP contribution in [-0.4, -0.2) is 40.2 Å². The highest BCUT2D eigenvalue weighted by atomic mass is 35.5. The molecule has 1 atom stereocenters. The predicted molar refractivity (Wildman–Crippen MR) is 98.0 cm³/mol. The number of aromatic nitrogens is 2. The Labute approximate surface area is 152 Å². The van der Waals surface area contributed by atoms with Crippen molar-refractivity contribution in [2.24, 2.45) is 11.7 Å². The van der Waals surface area contributed by atoms with Crippen molar-refractivity contribution in [2.45, 2.75) is 26.3 Å². The predicted octanol–water partition coefficient (Wildman–Crippen LogP) is 3.62. The summed E-state index contributed by atoms with van der Waals surface area (Å²) in [7, 11) is 1.76. The first-order chi connectivity index (χ1) is 11.3. The summed E-state index contributed by atoms with van der Waals surface area (Å²) in [5.74, 6) is 0.257. The summed E-state index contributed by atoms with van der Waals surface area (Å²) >= 11 is 11.9. The van der Waals surface area contributed by atoms with E-state index in [9.17, 15) is 4.79 Å². The summed E-state index contributed by atoms with van der Waals surface area (Å²) in [6, 6.07) is 6.96. The van der Waals surface area contributed by atoms with Crippen molar-refractivity contribution in [3.8, 4) is 5.69 Å². The zero-order valence-corrected chi connectivity index (χ0v) is 15.6. The molecule has 2 rings (SSSR count). The quantitative estimate of drug-likeness (QED) is 0.846. The number of carbonyl (C=O) groups is 1. The number of halogens is 2. The molecule has 2 N–H and O–H groups in total. The molecule has 130 valence electrons. The molecule has 0 radical (unpaired) electrons. The number of carbonyl (C=O) groups excluding carboxylic acids is 1. The molecule has 1 heterocycles. The van der Waals surface area contributed by atoms with Gasteiger partial charge in [-0.2, -0.15) is 5.10 Å². The van der Waals surface area contributed by atoms with Gasteiger partial charge in [-0.3, -0.25) is 4.79 Å². The van der Waals surface area contributed by atoms with E-state index in [2.05, 4.69) is 18.9 Å². The average molecular weight is 369 g/mol. The molecule has 1 amide bonds. The maximum atomic E-state index is 12.5. The van der Waals surface area contributed by atoms with Crippen molar-refractivity contribution < 1.29 is 4.79 Å². The van der Waals surface area contributed by atoms with Crippen LogP contribution in [0.25, 0.3) is 5.69 Å². The molecule has 2 aromatic rings. The fraction of sp³-hybridized carbons (Fsp3) is 0.412. The minimum absolute atomic E-state index is 0.0778. The van der Waals surface area contributed by atoms with Gasteiger partial charge in [-0.25, -0.2) is 4.68 Å². The molecule has 0 spiro atoms. The van der Waals surface area contributed by atoms with Gasteiger partial charge < -0.3 is 10.6 Å². The van der Waals surface area contributed by atoms with Crippen LogP contribution in [0, 0.1) is 5.92 Å². The second kappa shape index (κ2) is 8.01. The summed E-state index contributed by atoms with van der Waals surface area (Å²) in [5, 5.41) is 5.25. The lowest BCUT2D eigenvalue weighted by molar-refractivity contribution is 0.0783. The number of rotatable bonds is 6. The summed E-state index contributed by atoms with van der Waals surface area (Å²) < 4.78 is 1.60. The Balaban J connectivity index is 2.06. The molecule has 24 heavy (non-hydrogen) atoms. The number of nitrogens with zero attached hydrogens (tertiary/aromatic N) is 3. The minimum Gasteiger partial charge on any atom is -0.340 e. The van der Waals surface area contributed by atoms with Gasteiger partial charge in [0.15, 0.2) is 5.69 Å². The van der Waals surface area contributed by atoms with Gasteiger partial charge in [0.05, 0.1) is 15.7 Å². The molecule has 0 bridgehead atoms. The van der Waals surface area contributed by atoms with Gasteiger partial charge in [-0.1, -0.05) is 37.0 Å². The average Bonchev–Trinajstić information content (AvgIpc) is 3.03. The Bertz CT molecular complexity index is 714. The van der Waals surface area contributed by atoms with E-state index in [4.69, 9.17) is 28.9 Å². The van der Waals surface area contributed by atoms with E-state index >= 15 is 0 Å². The van der Waals surface area contributed by atoms with E-state index in [1.54, 1.807) is 47.1 Å². The van der Waals surface area contributed by atoms with Crippen molar-refractivity contribution in [3.63, 3.8) is 0 Å². The third kappa shape index (κ3) is 4.50. The maximum Gasteiger partial charge on any atom is 0.274 e. The lowest BCUT2D eigenvalue weighted by Crippen LogP contribution is -2.34. The lowest BCUT2D eigenvalue weighted by atomic mass is 10.0. The molecule has 0 saturated heterocycles. The van der Waals surface area contributed by atoms with Gasteiger partial charge in [0.1, 0.15) is 0 Å². The molecule has 0 fully saturated rings.